The lowest BCUT2D eigenvalue weighted by atomic mass is 10.1. The lowest BCUT2D eigenvalue weighted by molar-refractivity contribution is -0.137. The van der Waals surface area contributed by atoms with Gasteiger partial charge >= 0.3 is 12.0 Å². The fourth-order valence-electron chi connectivity index (χ4n) is 1.90. The summed E-state index contributed by atoms with van der Waals surface area (Å²) in [5.41, 5.74) is 2.10. The summed E-state index contributed by atoms with van der Waals surface area (Å²) >= 11 is 0. The first-order chi connectivity index (χ1) is 10.1. The minimum absolute atomic E-state index is 0.184. The normalized spacial score (nSPS) is 10.1. The summed E-state index contributed by atoms with van der Waals surface area (Å²) in [5.74, 6) is -0.751. The van der Waals surface area contributed by atoms with Crippen molar-refractivity contribution in [3.8, 4) is 0 Å². The van der Waals surface area contributed by atoms with Crippen molar-refractivity contribution in [3.63, 3.8) is 0 Å². The van der Waals surface area contributed by atoms with Gasteiger partial charge in [-0.25, -0.2) is 4.79 Å². The second kappa shape index (κ2) is 9.74. The molecule has 0 saturated carbocycles. The van der Waals surface area contributed by atoms with E-state index in [-0.39, 0.29) is 12.5 Å². The predicted octanol–water partition coefficient (Wildman–Crippen LogP) is 2.22. The van der Waals surface area contributed by atoms with Crippen LogP contribution in [0.25, 0.3) is 0 Å². The third-order valence-corrected chi connectivity index (χ3v) is 3.18. The zero-order valence-corrected chi connectivity index (χ0v) is 12.4. The number of pyridine rings is 1. The number of carbonyl (C=O) groups excluding carboxylic acids is 1. The fourth-order valence-corrected chi connectivity index (χ4v) is 1.90. The number of hydrogen-bond donors (Lipinski definition) is 3. The summed E-state index contributed by atoms with van der Waals surface area (Å²) in [6.07, 6.45) is 7.07. The number of carboxylic acid groups (broad SMARTS) is 1. The molecule has 0 aliphatic carbocycles. The molecular weight excluding hydrogens is 270 g/mol. The lowest BCUT2D eigenvalue weighted by Gasteiger charge is -2.09. The van der Waals surface area contributed by atoms with Crippen molar-refractivity contribution in [2.45, 2.75) is 45.6 Å². The summed E-state index contributed by atoms with van der Waals surface area (Å²) in [6, 6.07) is 1.70. The highest BCUT2D eigenvalue weighted by Crippen LogP contribution is 2.04. The van der Waals surface area contributed by atoms with Crippen LogP contribution in [0.1, 0.15) is 43.2 Å². The molecule has 116 valence electrons. The molecule has 1 aromatic rings. The van der Waals surface area contributed by atoms with Gasteiger partial charge in [-0.05, 0) is 37.0 Å². The monoisotopic (exact) mass is 293 g/mol. The third kappa shape index (κ3) is 7.91. The van der Waals surface area contributed by atoms with Gasteiger partial charge in [-0.3, -0.25) is 9.78 Å². The fraction of sp³-hybridized carbons (Fsp3) is 0.533. The Morgan fingerprint density at radius 1 is 1.19 bits per heavy atom. The van der Waals surface area contributed by atoms with Gasteiger partial charge in [0, 0.05) is 31.9 Å². The number of carbonyl (C=O) groups is 2. The molecule has 1 aromatic heterocycles. The highest BCUT2D eigenvalue weighted by molar-refractivity contribution is 5.73. The summed E-state index contributed by atoms with van der Waals surface area (Å²) < 4.78 is 0. The molecule has 0 aliphatic rings. The molecule has 0 fully saturated rings. The average molecular weight is 293 g/mol. The number of aliphatic carboxylic acids is 1. The molecule has 21 heavy (non-hydrogen) atoms. The van der Waals surface area contributed by atoms with Crippen molar-refractivity contribution >= 4 is 12.0 Å². The molecule has 6 nitrogen and oxygen atoms in total. The quantitative estimate of drug-likeness (QED) is 0.609. The van der Waals surface area contributed by atoms with Gasteiger partial charge in [0.25, 0.3) is 0 Å². The Kier molecular flexibility index (Phi) is 7.86. The second-order valence-corrected chi connectivity index (χ2v) is 4.97. The lowest BCUT2D eigenvalue weighted by Crippen LogP contribution is -2.35. The number of nitrogens with one attached hydrogen (secondary N) is 2. The van der Waals surface area contributed by atoms with Crippen LogP contribution in [0.15, 0.2) is 18.5 Å². The Morgan fingerprint density at radius 2 is 1.95 bits per heavy atom. The van der Waals surface area contributed by atoms with Gasteiger partial charge in [-0.1, -0.05) is 12.8 Å². The molecule has 1 rings (SSSR count). The van der Waals surface area contributed by atoms with Crippen LogP contribution in [-0.2, 0) is 11.3 Å². The number of aryl methyl sites for hydroxylation is 1. The molecule has 0 atom stereocenters. The first-order valence-electron chi connectivity index (χ1n) is 7.22. The van der Waals surface area contributed by atoms with Gasteiger partial charge in [0.05, 0.1) is 0 Å². The number of unbranched alkanes of at least 4 members (excludes halogenated alkanes) is 3. The van der Waals surface area contributed by atoms with Crippen LogP contribution < -0.4 is 10.6 Å². The summed E-state index contributed by atoms with van der Waals surface area (Å²) in [4.78, 5) is 25.9. The Hall–Kier alpha value is -2.11. The largest absolute Gasteiger partial charge is 0.481 e. The molecule has 0 spiro atoms. The molecule has 1 heterocycles. The average Bonchev–Trinajstić information content (AvgIpc) is 2.45. The van der Waals surface area contributed by atoms with E-state index in [1.807, 2.05) is 13.0 Å². The number of urea groups is 1. The molecule has 3 N–H and O–H groups in total. The number of rotatable bonds is 9. The number of nitrogens with zero attached hydrogens (tertiary/aromatic N) is 1. The number of aromatic nitrogens is 1. The molecule has 0 bridgehead atoms. The zero-order chi connectivity index (χ0) is 15.5. The van der Waals surface area contributed by atoms with E-state index >= 15 is 0 Å². The molecule has 0 aliphatic heterocycles. The maximum absolute atomic E-state index is 11.6. The molecule has 6 heteroatoms. The van der Waals surface area contributed by atoms with Gasteiger partial charge in [0.1, 0.15) is 0 Å². The van der Waals surface area contributed by atoms with Gasteiger partial charge in [-0.2, -0.15) is 0 Å². The van der Waals surface area contributed by atoms with Gasteiger partial charge < -0.3 is 15.7 Å². The van der Waals surface area contributed by atoms with Crippen LogP contribution in [-0.4, -0.2) is 28.6 Å². The second-order valence-electron chi connectivity index (χ2n) is 4.97. The summed E-state index contributed by atoms with van der Waals surface area (Å²) in [6.45, 7) is 3.05. The number of amides is 2. The van der Waals surface area contributed by atoms with Gasteiger partial charge in [-0.15, -0.1) is 0 Å². The predicted molar refractivity (Wildman–Crippen MR) is 79.9 cm³/mol. The molecule has 0 aromatic carbocycles. The number of hydrogen-bond acceptors (Lipinski definition) is 3. The summed E-state index contributed by atoms with van der Waals surface area (Å²) in [7, 11) is 0. The van der Waals surface area contributed by atoms with Crippen molar-refractivity contribution in [2.75, 3.05) is 6.54 Å². The van der Waals surface area contributed by atoms with Crippen LogP contribution in [0.5, 0.6) is 0 Å². The Balaban J connectivity index is 2.04. The van der Waals surface area contributed by atoms with Crippen molar-refractivity contribution in [3.05, 3.63) is 29.6 Å². The molecule has 0 unspecified atom stereocenters. The topological polar surface area (TPSA) is 91.3 Å². The third-order valence-electron chi connectivity index (χ3n) is 3.18. The zero-order valence-electron chi connectivity index (χ0n) is 12.4. The van der Waals surface area contributed by atoms with E-state index in [0.29, 0.717) is 19.5 Å². The highest BCUT2D eigenvalue weighted by atomic mass is 16.4. The van der Waals surface area contributed by atoms with E-state index in [1.54, 1.807) is 12.4 Å². The van der Waals surface area contributed by atoms with Crippen LogP contribution in [0, 0.1) is 6.92 Å². The van der Waals surface area contributed by atoms with E-state index in [4.69, 9.17) is 5.11 Å². The van der Waals surface area contributed by atoms with Crippen molar-refractivity contribution in [1.29, 1.82) is 0 Å². The highest BCUT2D eigenvalue weighted by Gasteiger charge is 2.02. The summed E-state index contributed by atoms with van der Waals surface area (Å²) in [5, 5.41) is 14.1. The minimum Gasteiger partial charge on any atom is -0.481 e. The van der Waals surface area contributed by atoms with Crippen LogP contribution in [0.3, 0.4) is 0 Å². The first kappa shape index (κ1) is 16.9. The van der Waals surface area contributed by atoms with Crippen LogP contribution in [0.4, 0.5) is 4.79 Å². The van der Waals surface area contributed by atoms with Crippen molar-refractivity contribution in [1.82, 2.24) is 15.6 Å². The molecular formula is C15H23N3O3. The Bertz CT molecular complexity index is 463. The van der Waals surface area contributed by atoms with Crippen molar-refractivity contribution < 1.29 is 14.7 Å². The van der Waals surface area contributed by atoms with Crippen LogP contribution >= 0.6 is 0 Å². The SMILES string of the molecule is Cc1cnccc1CNC(=O)NCCCCCCC(=O)O. The van der Waals surface area contributed by atoms with E-state index in [0.717, 1.165) is 30.4 Å². The molecule has 0 saturated heterocycles. The maximum atomic E-state index is 11.6. The molecule has 2 amide bonds. The number of carboxylic acids is 1. The van der Waals surface area contributed by atoms with Gasteiger partial charge in [0.15, 0.2) is 0 Å². The minimum atomic E-state index is -0.751. The smallest absolute Gasteiger partial charge is 0.315 e. The van der Waals surface area contributed by atoms with Gasteiger partial charge in [0.2, 0.25) is 0 Å². The standard InChI is InChI=1S/C15H23N3O3/c1-12-10-16-9-7-13(12)11-18-15(21)17-8-5-3-2-4-6-14(19)20/h7,9-10H,2-6,8,11H2,1H3,(H,19,20)(H2,17,18,21). The first-order valence-corrected chi connectivity index (χ1v) is 7.22. The molecule has 0 radical (unpaired) electrons. The van der Waals surface area contributed by atoms with E-state index in [9.17, 15) is 9.59 Å². The Labute approximate surface area is 125 Å². The van der Waals surface area contributed by atoms with E-state index in [1.165, 1.54) is 0 Å². The van der Waals surface area contributed by atoms with Crippen LogP contribution in [0.2, 0.25) is 0 Å². The van der Waals surface area contributed by atoms with E-state index < -0.39 is 5.97 Å². The van der Waals surface area contributed by atoms with Crippen molar-refractivity contribution in [2.24, 2.45) is 0 Å². The van der Waals surface area contributed by atoms with E-state index in [2.05, 4.69) is 15.6 Å². The maximum Gasteiger partial charge on any atom is 0.315 e. The Morgan fingerprint density at radius 3 is 2.67 bits per heavy atom.